The molecule has 1 nitrogen and oxygen atoms in total. The molecule has 2 atom stereocenters. The molecule has 0 saturated carbocycles. The van der Waals surface area contributed by atoms with E-state index in [1.54, 1.807) is 0 Å². The van der Waals surface area contributed by atoms with Crippen LogP contribution in [-0.4, -0.2) is 30.2 Å². The van der Waals surface area contributed by atoms with E-state index in [1.807, 2.05) is 0 Å². The van der Waals surface area contributed by atoms with Gasteiger partial charge in [-0.15, -0.1) is 0 Å². The van der Waals surface area contributed by atoms with Crippen molar-refractivity contribution in [3.63, 3.8) is 0 Å². The summed E-state index contributed by atoms with van der Waals surface area (Å²) in [6, 6.07) is 0. The lowest BCUT2D eigenvalue weighted by atomic mass is 9.79. The Labute approximate surface area is 91.1 Å². The predicted octanol–water partition coefficient (Wildman–Crippen LogP) is 3.69. The average molecular weight is 200 g/mol. The van der Waals surface area contributed by atoms with Crippen LogP contribution in [0.25, 0.3) is 0 Å². The SMILES string of the molecule is CCC(C)C(C)(CC)[N+](C)(CC)CC. The van der Waals surface area contributed by atoms with Gasteiger partial charge in [0.05, 0.1) is 25.7 Å². The maximum atomic E-state index is 2.47. The van der Waals surface area contributed by atoms with Gasteiger partial charge in [0.1, 0.15) is 0 Å². The fourth-order valence-corrected chi connectivity index (χ4v) is 2.65. The lowest BCUT2D eigenvalue weighted by Gasteiger charge is -2.51. The molecule has 1 heteroatoms. The van der Waals surface area contributed by atoms with Crippen LogP contribution in [0.1, 0.15) is 54.4 Å². The molecular weight excluding hydrogens is 170 g/mol. The van der Waals surface area contributed by atoms with Crippen molar-refractivity contribution in [1.82, 2.24) is 0 Å². The third-order valence-electron chi connectivity index (χ3n) is 5.02. The summed E-state index contributed by atoms with van der Waals surface area (Å²) in [4.78, 5) is 0. The van der Waals surface area contributed by atoms with Gasteiger partial charge in [0.2, 0.25) is 0 Å². The molecule has 0 heterocycles. The van der Waals surface area contributed by atoms with E-state index in [9.17, 15) is 0 Å². The molecule has 0 saturated heterocycles. The Hall–Kier alpha value is -0.0400. The van der Waals surface area contributed by atoms with Crippen molar-refractivity contribution in [1.29, 1.82) is 0 Å². The maximum Gasteiger partial charge on any atom is 0.0984 e. The molecule has 0 N–H and O–H groups in total. The highest BCUT2D eigenvalue weighted by atomic mass is 15.4. The van der Waals surface area contributed by atoms with E-state index >= 15 is 0 Å². The molecule has 0 fully saturated rings. The lowest BCUT2D eigenvalue weighted by molar-refractivity contribution is -0.959. The fourth-order valence-electron chi connectivity index (χ4n) is 2.65. The smallest absolute Gasteiger partial charge is 0.0984 e. The van der Waals surface area contributed by atoms with Gasteiger partial charge in [-0.3, -0.25) is 0 Å². The van der Waals surface area contributed by atoms with Crippen LogP contribution in [0.15, 0.2) is 0 Å². The zero-order valence-corrected chi connectivity index (χ0v) is 11.4. The quantitative estimate of drug-likeness (QED) is 0.574. The zero-order chi connectivity index (χ0) is 11.4. The summed E-state index contributed by atoms with van der Waals surface area (Å²) >= 11 is 0. The van der Waals surface area contributed by atoms with E-state index in [0.29, 0.717) is 5.54 Å². The molecule has 2 unspecified atom stereocenters. The minimum atomic E-state index is 0.443. The Morgan fingerprint density at radius 3 is 1.71 bits per heavy atom. The Bertz CT molecular complexity index is 161. The van der Waals surface area contributed by atoms with Crippen molar-refractivity contribution in [2.24, 2.45) is 5.92 Å². The Balaban J connectivity index is 4.99. The third-order valence-corrected chi connectivity index (χ3v) is 5.02. The maximum absolute atomic E-state index is 2.47. The summed E-state index contributed by atoms with van der Waals surface area (Å²) in [7, 11) is 2.41. The first-order valence-electron chi connectivity index (χ1n) is 6.26. The summed E-state index contributed by atoms with van der Waals surface area (Å²) in [6.07, 6.45) is 2.57. The molecule has 0 aromatic heterocycles. The molecule has 0 aromatic rings. The van der Waals surface area contributed by atoms with Gasteiger partial charge in [-0.25, -0.2) is 0 Å². The highest BCUT2D eigenvalue weighted by Crippen LogP contribution is 2.35. The van der Waals surface area contributed by atoms with Crippen LogP contribution in [0.2, 0.25) is 0 Å². The van der Waals surface area contributed by atoms with E-state index in [0.717, 1.165) is 5.92 Å². The molecule has 0 aliphatic rings. The first-order valence-corrected chi connectivity index (χ1v) is 6.26. The first-order chi connectivity index (χ1) is 6.41. The van der Waals surface area contributed by atoms with E-state index in [2.05, 4.69) is 48.6 Å². The van der Waals surface area contributed by atoms with Crippen LogP contribution in [0.5, 0.6) is 0 Å². The molecule has 0 aliphatic heterocycles. The summed E-state index contributed by atoms with van der Waals surface area (Å²) in [5.74, 6) is 0.803. The Kier molecular flexibility index (Phi) is 5.14. The van der Waals surface area contributed by atoms with Gasteiger partial charge in [0.25, 0.3) is 0 Å². The van der Waals surface area contributed by atoms with Crippen LogP contribution in [-0.2, 0) is 0 Å². The zero-order valence-electron chi connectivity index (χ0n) is 11.4. The average Bonchev–Trinajstić information content (AvgIpc) is 2.25. The molecule has 0 aliphatic carbocycles. The molecule has 0 rings (SSSR count). The van der Waals surface area contributed by atoms with Crippen molar-refractivity contribution in [2.75, 3.05) is 20.1 Å². The highest BCUT2D eigenvalue weighted by Gasteiger charge is 2.43. The molecule has 0 bridgehead atoms. The van der Waals surface area contributed by atoms with Crippen LogP contribution in [0.3, 0.4) is 0 Å². The Morgan fingerprint density at radius 1 is 1.07 bits per heavy atom. The monoisotopic (exact) mass is 200 g/mol. The number of hydrogen-bond donors (Lipinski definition) is 0. The summed E-state index contributed by atoms with van der Waals surface area (Å²) in [5.41, 5.74) is 0.443. The van der Waals surface area contributed by atoms with E-state index in [1.165, 1.54) is 30.4 Å². The van der Waals surface area contributed by atoms with Gasteiger partial charge < -0.3 is 4.48 Å². The highest BCUT2D eigenvalue weighted by molar-refractivity contribution is 4.80. The first kappa shape index (κ1) is 14.0. The second-order valence-electron chi connectivity index (χ2n) is 5.05. The van der Waals surface area contributed by atoms with E-state index in [-0.39, 0.29) is 0 Å². The Morgan fingerprint density at radius 2 is 1.50 bits per heavy atom. The minimum absolute atomic E-state index is 0.443. The van der Waals surface area contributed by atoms with Gasteiger partial charge in [0.15, 0.2) is 0 Å². The third kappa shape index (κ3) is 2.13. The van der Waals surface area contributed by atoms with Crippen molar-refractivity contribution in [2.45, 2.75) is 59.9 Å². The van der Waals surface area contributed by atoms with Gasteiger partial charge in [-0.05, 0) is 33.6 Å². The number of nitrogens with zero attached hydrogens (tertiary/aromatic N) is 1. The van der Waals surface area contributed by atoms with Gasteiger partial charge in [0, 0.05) is 5.92 Å². The summed E-state index contributed by atoms with van der Waals surface area (Å²) < 4.78 is 1.21. The van der Waals surface area contributed by atoms with E-state index in [4.69, 9.17) is 0 Å². The van der Waals surface area contributed by atoms with Gasteiger partial charge >= 0.3 is 0 Å². The summed E-state index contributed by atoms with van der Waals surface area (Å²) in [6.45, 7) is 16.7. The second kappa shape index (κ2) is 5.16. The number of quaternary nitrogens is 1. The topological polar surface area (TPSA) is 0 Å². The van der Waals surface area contributed by atoms with Crippen LogP contribution in [0, 0.1) is 5.92 Å². The largest absolute Gasteiger partial charge is 0.322 e. The molecule has 14 heavy (non-hydrogen) atoms. The lowest BCUT2D eigenvalue weighted by Crippen LogP contribution is -2.63. The normalized spacial score (nSPS) is 19.1. The van der Waals surface area contributed by atoms with Crippen molar-refractivity contribution in [3.05, 3.63) is 0 Å². The standard InChI is InChI=1S/C13H30N/c1-8-12(5)13(6,9-2)14(7,10-3)11-4/h12H,8-11H2,1-7H3/q+1. The van der Waals surface area contributed by atoms with Crippen LogP contribution < -0.4 is 0 Å². The van der Waals surface area contributed by atoms with Crippen LogP contribution >= 0.6 is 0 Å². The molecule has 0 amide bonds. The predicted molar refractivity (Wildman–Crippen MR) is 65.4 cm³/mol. The van der Waals surface area contributed by atoms with Crippen molar-refractivity contribution < 1.29 is 4.48 Å². The van der Waals surface area contributed by atoms with Gasteiger partial charge in [-0.1, -0.05) is 20.8 Å². The summed E-state index contributed by atoms with van der Waals surface area (Å²) in [5, 5.41) is 0. The second-order valence-corrected chi connectivity index (χ2v) is 5.05. The number of hydrogen-bond acceptors (Lipinski definition) is 0. The van der Waals surface area contributed by atoms with E-state index < -0.39 is 0 Å². The molecule has 0 spiro atoms. The van der Waals surface area contributed by atoms with Crippen molar-refractivity contribution >= 4 is 0 Å². The molecule has 0 aromatic carbocycles. The molecule has 86 valence electrons. The number of rotatable bonds is 6. The fraction of sp³-hybridized carbons (Fsp3) is 1.00. The molecular formula is C13H30N+. The molecule has 0 radical (unpaired) electrons. The minimum Gasteiger partial charge on any atom is -0.322 e. The van der Waals surface area contributed by atoms with Gasteiger partial charge in [-0.2, -0.15) is 0 Å². The van der Waals surface area contributed by atoms with Crippen LogP contribution in [0.4, 0.5) is 0 Å². The van der Waals surface area contributed by atoms with Crippen molar-refractivity contribution in [3.8, 4) is 0 Å².